The van der Waals surface area contributed by atoms with Gasteiger partial charge in [-0.05, 0) is 36.4 Å². The molecule has 0 unspecified atom stereocenters. The molecule has 7 nitrogen and oxygen atoms in total. The van der Waals surface area contributed by atoms with Gasteiger partial charge >= 0.3 is 0 Å². The minimum Gasteiger partial charge on any atom is -0.399 e. The van der Waals surface area contributed by atoms with Crippen molar-refractivity contribution in [2.24, 2.45) is 0 Å². The summed E-state index contributed by atoms with van der Waals surface area (Å²) >= 11 is 0. The van der Waals surface area contributed by atoms with Crippen LogP contribution in [0.2, 0.25) is 0 Å². The van der Waals surface area contributed by atoms with Gasteiger partial charge in [0.2, 0.25) is 0 Å². The van der Waals surface area contributed by atoms with Crippen LogP contribution in [0.3, 0.4) is 0 Å². The molecule has 1 saturated heterocycles. The molecule has 3 aromatic heterocycles. The van der Waals surface area contributed by atoms with E-state index in [0.717, 1.165) is 60.0 Å². The lowest BCUT2D eigenvalue weighted by atomic mass is 10.0. The van der Waals surface area contributed by atoms with Crippen LogP contribution in [0.5, 0.6) is 0 Å². The molecule has 0 aliphatic carbocycles. The molecule has 1 aliphatic rings. The standard InChI is InChI=1S/C22H21N7/c23-17-13-18(22-19(14-17)24-7-8-26-22)16-4-5-21(27-15-16)29-11-9-28(10-12-29)20-3-1-2-6-25-20/h1-8,13-15H,9-12,23H2. The third-order valence-electron chi connectivity index (χ3n) is 5.23. The molecule has 0 atom stereocenters. The second-order valence-electron chi connectivity index (χ2n) is 7.06. The highest BCUT2D eigenvalue weighted by Crippen LogP contribution is 2.29. The van der Waals surface area contributed by atoms with Crippen LogP contribution in [0, 0.1) is 0 Å². The van der Waals surface area contributed by atoms with Gasteiger partial charge in [0.15, 0.2) is 0 Å². The van der Waals surface area contributed by atoms with Gasteiger partial charge in [-0.3, -0.25) is 9.97 Å². The molecule has 0 amide bonds. The van der Waals surface area contributed by atoms with E-state index in [9.17, 15) is 0 Å². The van der Waals surface area contributed by atoms with Gasteiger partial charge in [-0.15, -0.1) is 0 Å². The first-order valence-corrected chi connectivity index (χ1v) is 9.65. The fourth-order valence-electron chi connectivity index (χ4n) is 3.75. The van der Waals surface area contributed by atoms with Crippen LogP contribution in [0.4, 0.5) is 17.3 Å². The number of nitrogen functional groups attached to an aromatic ring is 1. The number of aromatic nitrogens is 4. The maximum Gasteiger partial charge on any atom is 0.128 e. The summed E-state index contributed by atoms with van der Waals surface area (Å²) in [4.78, 5) is 22.6. The lowest BCUT2D eigenvalue weighted by molar-refractivity contribution is 0.642. The van der Waals surface area contributed by atoms with Crippen LogP contribution < -0.4 is 15.5 Å². The van der Waals surface area contributed by atoms with Crippen molar-refractivity contribution in [3.05, 3.63) is 67.3 Å². The molecule has 29 heavy (non-hydrogen) atoms. The largest absolute Gasteiger partial charge is 0.399 e. The van der Waals surface area contributed by atoms with Crippen molar-refractivity contribution in [1.29, 1.82) is 0 Å². The Hall–Kier alpha value is -3.74. The van der Waals surface area contributed by atoms with Crippen LogP contribution in [0.25, 0.3) is 22.2 Å². The summed E-state index contributed by atoms with van der Waals surface area (Å²) in [6.45, 7) is 3.68. The predicted molar refractivity (Wildman–Crippen MR) is 116 cm³/mol. The minimum absolute atomic E-state index is 0.669. The van der Waals surface area contributed by atoms with E-state index < -0.39 is 0 Å². The number of hydrogen-bond acceptors (Lipinski definition) is 7. The first-order chi connectivity index (χ1) is 14.3. The SMILES string of the molecule is Nc1cc(-c2ccc(N3CCN(c4ccccn4)CC3)nc2)c2nccnc2c1. The Morgan fingerprint density at radius 1 is 0.724 bits per heavy atom. The van der Waals surface area contributed by atoms with Crippen molar-refractivity contribution >= 4 is 28.4 Å². The first kappa shape index (κ1) is 17.4. The van der Waals surface area contributed by atoms with Gasteiger partial charge in [-0.2, -0.15) is 0 Å². The molecule has 144 valence electrons. The molecule has 0 spiro atoms. The molecule has 1 fully saturated rings. The van der Waals surface area contributed by atoms with E-state index in [0.29, 0.717) is 5.69 Å². The minimum atomic E-state index is 0.669. The third-order valence-corrected chi connectivity index (χ3v) is 5.23. The molecule has 1 aromatic carbocycles. The van der Waals surface area contributed by atoms with E-state index in [4.69, 9.17) is 10.7 Å². The number of fused-ring (bicyclic) bond motifs is 1. The third kappa shape index (κ3) is 3.42. The number of nitrogens with two attached hydrogens (primary N) is 1. The van der Waals surface area contributed by atoms with E-state index >= 15 is 0 Å². The first-order valence-electron chi connectivity index (χ1n) is 9.65. The van der Waals surface area contributed by atoms with Gasteiger partial charge in [-0.25, -0.2) is 9.97 Å². The zero-order valence-electron chi connectivity index (χ0n) is 15.9. The molecule has 0 bridgehead atoms. The highest BCUT2D eigenvalue weighted by Gasteiger charge is 2.19. The van der Waals surface area contributed by atoms with E-state index in [-0.39, 0.29) is 0 Å². The number of piperazine rings is 1. The van der Waals surface area contributed by atoms with E-state index in [2.05, 4.69) is 43.0 Å². The molecule has 4 aromatic rings. The van der Waals surface area contributed by atoms with Crippen molar-refractivity contribution in [2.75, 3.05) is 41.7 Å². The number of rotatable bonds is 3. The number of nitrogens with zero attached hydrogens (tertiary/aromatic N) is 6. The Balaban J connectivity index is 1.35. The van der Waals surface area contributed by atoms with Gasteiger partial charge in [0.1, 0.15) is 11.6 Å². The molecule has 2 N–H and O–H groups in total. The quantitative estimate of drug-likeness (QED) is 0.545. The average molecular weight is 383 g/mol. The summed E-state index contributed by atoms with van der Waals surface area (Å²) in [5.41, 5.74) is 10.3. The maximum absolute atomic E-state index is 6.06. The summed E-state index contributed by atoms with van der Waals surface area (Å²) in [7, 11) is 0. The number of anilines is 3. The molecule has 4 heterocycles. The molecular formula is C22H21N7. The van der Waals surface area contributed by atoms with Crippen LogP contribution in [-0.2, 0) is 0 Å². The summed E-state index contributed by atoms with van der Waals surface area (Å²) in [5.74, 6) is 2.01. The van der Waals surface area contributed by atoms with Crippen molar-refractivity contribution in [1.82, 2.24) is 19.9 Å². The smallest absolute Gasteiger partial charge is 0.128 e. The summed E-state index contributed by atoms with van der Waals surface area (Å²) in [6.07, 6.45) is 7.11. The van der Waals surface area contributed by atoms with E-state index in [1.807, 2.05) is 36.7 Å². The van der Waals surface area contributed by atoms with Crippen molar-refractivity contribution in [3.63, 3.8) is 0 Å². The zero-order valence-corrected chi connectivity index (χ0v) is 15.9. The summed E-state index contributed by atoms with van der Waals surface area (Å²) < 4.78 is 0. The van der Waals surface area contributed by atoms with Crippen molar-refractivity contribution in [3.8, 4) is 11.1 Å². The average Bonchev–Trinajstić information content (AvgIpc) is 2.79. The monoisotopic (exact) mass is 383 g/mol. The van der Waals surface area contributed by atoms with Gasteiger partial charge in [0.05, 0.1) is 11.0 Å². The highest BCUT2D eigenvalue weighted by atomic mass is 15.3. The Morgan fingerprint density at radius 3 is 2.17 bits per heavy atom. The van der Waals surface area contributed by atoms with Crippen molar-refractivity contribution < 1.29 is 0 Å². The van der Waals surface area contributed by atoms with Crippen molar-refractivity contribution in [2.45, 2.75) is 0 Å². The molecule has 7 heteroatoms. The Bertz CT molecular complexity index is 1120. The number of hydrogen-bond donors (Lipinski definition) is 1. The van der Waals surface area contributed by atoms with Crippen LogP contribution in [0.1, 0.15) is 0 Å². The maximum atomic E-state index is 6.06. The Labute approximate surface area is 168 Å². The topological polar surface area (TPSA) is 84.1 Å². The zero-order chi connectivity index (χ0) is 19.6. The summed E-state index contributed by atoms with van der Waals surface area (Å²) in [5, 5.41) is 0. The van der Waals surface area contributed by atoms with Gasteiger partial charge in [0, 0.05) is 67.8 Å². The molecular weight excluding hydrogens is 362 g/mol. The molecule has 1 aliphatic heterocycles. The Morgan fingerprint density at radius 2 is 1.48 bits per heavy atom. The van der Waals surface area contributed by atoms with E-state index in [1.54, 1.807) is 12.4 Å². The number of pyridine rings is 2. The summed E-state index contributed by atoms with van der Waals surface area (Å²) in [6, 6.07) is 13.9. The van der Waals surface area contributed by atoms with Crippen LogP contribution in [-0.4, -0.2) is 46.1 Å². The molecule has 0 radical (unpaired) electrons. The second-order valence-corrected chi connectivity index (χ2v) is 7.06. The van der Waals surface area contributed by atoms with Gasteiger partial charge in [0.25, 0.3) is 0 Å². The second kappa shape index (κ2) is 7.35. The normalized spacial score (nSPS) is 14.3. The fourth-order valence-corrected chi connectivity index (χ4v) is 3.75. The highest BCUT2D eigenvalue weighted by molar-refractivity contribution is 5.94. The lowest BCUT2D eigenvalue weighted by Gasteiger charge is -2.36. The van der Waals surface area contributed by atoms with Gasteiger partial charge in [-0.1, -0.05) is 6.07 Å². The van der Waals surface area contributed by atoms with Crippen LogP contribution >= 0.6 is 0 Å². The van der Waals surface area contributed by atoms with Gasteiger partial charge < -0.3 is 15.5 Å². The number of benzene rings is 1. The van der Waals surface area contributed by atoms with Crippen LogP contribution in [0.15, 0.2) is 67.3 Å². The molecule has 0 saturated carbocycles. The lowest BCUT2D eigenvalue weighted by Crippen LogP contribution is -2.47. The fraction of sp³-hybridized carbons (Fsp3) is 0.182. The Kier molecular flexibility index (Phi) is 4.40. The van der Waals surface area contributed by atoms with E-state index in [1.165, 1.54) is 0 Å². The predicted octanol–water partition coefficient (Wildman–Crippen LogP) is 3.00. The molecule has 5 rings (SSSR count).